The molecule has 20 heavy (non-hydrogen) atoms. The van der Waals surface area contributed by atoms with E-state index < -0.39 is 18.0 Å². The summed E-state index contributed by atoms with van der Waals surface area (Å²) in [6, 6.07) is 4.63. The predicted molar refractivity (Wildman–Crippen MR) is 73.8 cm³/mol. The number of benzene rings is 1. The Balaban J connectivity index is 2.14. The minimum atomic E-state index is -4.25. The number of halogens is 5. The number of hydrogen-bond acceptors (Lipinski definition) is 1. The maximum Gasteiger partial charge on any atom is 0.393 e. The minimum absolute atomic E-state index is 0.0778. The molecule has 1 unspecified atom stereocenters. The highest BCUT2D eigenvalue weighted by molar-refractivity contribution is 9.10. The Kier molecular flexibility index (Phi) is 4.64. The van der Waals surface area contributed by atoms with Crippen molar-refractivity contribution in [2.24, 2.45) is 5.92 Å². The van der Waals surface area contributed by atoms with Crippen molar-refractivity contribution < 1.29 is 18.0 Å². The van der Waals surface area contributed by atoms with Gasteiger partial charge in [0.2, 0.25) is 0 Å². The van der Waals surface area contributed by atoms with Crippen molar-refractivity contribution >= 4 is 33.4 Å². The number of alkyl halides is 3. The molecule has 1 heterocycles. The first-order valence-corrected chi connectivity index (χ1v) is 7.27. The van der Waals surface area contributed by atoms with Crippen LogP contribution in [0, 0.1) is 5.92 Å². The molecular formula is C13H12BrClF3NO. The molecule has 1 saturated heterocycles. The molecule has 2 rings (SSSR count). The van der Waals surface area contributed by atoms with E-state index in [2.05, 4.69) is 15.9 Å². The summed E-state index contributed by atoms with van der Waals surface area (Å²) >= 11 is 9.11. The molecule has 1 aromatic carbocycles. The molecule has 0 saturated carbocycles. The van der Waals surface area contributed by atoms with Gasteiger partial charge in [0.05, 0.1) is 10.9 Å². The fraction of sp³-hybridized carbons (Fsp3) is 0.462. The van der Waals surface area contributed by atoms with Crippen LogP contribution in [0.4, 0.5) is 13.2 Å². The van der Waals surface area contributed by atoms with E-state index in [4.69, 9.17) is 11.6 Å². The zero-order valence-electron chi connectivity index (χ0n) is 10.4. The summed E-state index contributed by atoms with van der Waals surface area (Å²) in [6.07, 6.45) is -3.81. The molecule has 2 nitrogen and oxygen atoms in total. The van der Waals surface area contributed by atoms with Crippen LogP contribution in [0.5, 0.6) is 0 Å². The van der Waals surface area contributed by atoms with E-state index in [1.807, 2.05) is 0 Å². The van der Waals surface area contributed by atoms with E-state index in [9.17, 15) is 18.0 Å². The third-order valence-corrected chi connectivity index (χ3v) is 4.57. The van der Waals surface area contributed by atoms with Gasteiger partial charge in [-0.3, -0.25) is 4.79 Å². The molecule has 0 radical (unpaired) electrons. The van der Waals surface area contributed by atoms with Crippen LogP contribution in [-0.2, 0) is 0 Å². The Morgan fingerprint density at radius 3 is 2.70 bits per heavy atom. The molecule has 7 heteroatoms. The van der Waals surface area contributed by atoms with Crippen molar-refractivity contribution in [3.05, 3.63) is 33.3 Å². The number of amides is 1. The second kappa shape index (κ2) is 5.93. The maximum atomic E-state index is 12.7. The van der Waals surface area contributed by atoms with Gasteiger partial charge in [0.1, 0.15) is 0 Å². The van der Waals surface area contributed by atoms with Crippen molar-refractivity contribution in [2.45, 2.75) is 19.0 Å². The normalized spacial score (nSPS) is 20.1. The van der Waals surface area contributed by atoms with Gasteiger partial charge in [-0.15, -0.1) is 0 Å². The molecule has 1 aromatic rings. The molecule has 0 aliphatic carbocycles. The van der Waals surface area contributed by atoms with Gasteiger partial charge >= 0.3 is 6.18 Å². The Morgan fingerprint density at radius 2 is 2.10 bits per heavy atom. The van der Waals surface area contributed by atoms with Crippen LogP contribution < -0.4 is 0 Å². The topological polar surface area (TPSA) is 20.3 Å². The van der Waals surface area contributed by atoms with Crippen LogP contribution in [-0.4, -0.2) is 30.1 Å². The fourth-order valence-corrected chi connectivity index (χ4v) is 2.67. The summed E-state index contributed by atoms with van der Waals surface area (Å²) in [5.74, 6) is -1.85. The number of carbonyl (C=O) groups is 1. The minimum Gasteiger partial charge on any atom is -0.338 e. The highest BCUT2D eigenvalue weighted by Gasteiger charge is 2.42. The number of likely N-dealkylation sites (tertiary alicyclic amines) is 1. The van der Waals surface area contributed by atoms with E-state index in [1.165, 1.54) is 11.0 Å². The third kappa shape index (κ3) is 3.47. The standard InChI is InChI=1S/C13H12BrClF3NO/c14-10-4-3-8(6-11(10)15)12(20)19-5-1-2-9(7-19)13(16,17)18/h3-4,6,9H,1-2,5,7H2. The number of rotatable bonds is 1. The van der Waals surface area contributed by atoms with Crippen LogP contribution >= 0.6 is 27.5 Å². The van der Waals surface area contributed by atoms with Gasteiger partial charge < -0.3 is 4.90 Å². The lowest BCUT2D eigenvalue weighted by atomic mass is 9.97. The average Bonchev–Trinajstić information content (AvgIpc) is 2.40. The molecule has 0 bridgehead atoms. The van der Waals surface area contributed by atoms with Crippen LogP contribution in [0.2, 0.25) is 5.02 Å². The Bertz CT molecular complexity index is 521. The molecule has 0 N–H and O–H groups in total. The number of carbonyl (C=O) groups excluding carboxylic acids is 1. The smallest absolute Gasteiger partial charge is 0.338 e. The van der Waals surface area contributed by atoms with Crippen molar-refractivity contribution in [1.29, 1.82) is 0 Å². The molecule has 0 aromatic heterocycles. The lowest BCUT2D eigenvalue weighted by Crippen LogP contribution is -2.44. The Hall–Kier alpha value is -0.750. The second-order valence-corrected chi connectivity index (χ2v) is 6.02. The Morgan fingerprint density at radius 1 is 1.40 bits per heavy atom. The lowest BCUT2D eigenvalue weighted by molar-refractivity contribution is -0.184. The first kappa shape index (κ1) is 15.6. The summed E-state index contributed by atoms with van der Waals surface area (Å²) in [7, 11) is 0. The van der Waals surface area contributed by atoms with Crippen LogP contribution in [0.1, 0.15) is 23.2 Å². The van der Waals surface area contributed by atoms with E-state index in [1.54, 1.807) is 12.1 Å². The van der Waals surface area contributed by atoms with E-state index in [0.29, 0.717) is 28.0 Å². The predicted octanol–water partition coefficient (Wildman–Crippen LogP) is 4.52. The summed E-state index contributed by atoms with van der Waals surface area (Å²) < 4.78 is 38.8. The molecule has 1 atom stereocenters. The lowest BCUT2D eigenvalue weighted by Gasteiger charge is -2.33. The monoisotopic (exact) mass is 369 g/mol. The summed E-state index contributed by atoms with van der Waals surface area (Å²) in [5.41, 5.74) is 0.307. The van der Waals surface area contributed by atoms with Gasteiger partial charge in [0.15, 0.2) is 0 Å². The van der Waals surface area contributed by atoms with E-state index >= 15 is 0 Å². The summed E-state index contributed by atoms with van der Waals surface area (Å²) in [6.45, 7) is 0.0646. The second-order valence-electron chi connectivity index (χ2n) is 4.76. The number of nitrogens with zero attached hydrogens (tertiary/aromatic N) is 1. The molecular weight excluding hydrogens is 358 g/mol. The molecule has 0 spiro atoms. The highest BCUT2D eigenvalue weighted by atomic mass is 79.9. The molecule has 110 valence electrons. The van der Waals surface area contributed by atoms with Crippen LogP contribution in [0.25, 0.3) is 0 Å². The van der Waals surface area contributed by atoms with Gasteiger partial charge in [-0.25, -0.2) is 0 Å². The van der Waals surface area contributed by atoms with Gasteiger partial charge in [0, 0.05) is 23.1 Å². The van der Waals surface area contributed by atoms with Gasteiger partial charge in [-0.05, 0) is 47.0 Å². The fourth-order valence-electron chi connectivity index (χ4n) is 2.24. The highest BCUT2D eigenvalue weighted by Crippen LogP contribution is 2.33. The zero-order valence-corrected chi connectivity index (χ0v) is 12.7. The number of piperidine rings is 1. The van der Waals surface area contributed by atoms with E-state index in [-0.39, 0.29) is 13.0 Å². The Labute approximate surface area is 128 Å². The first-order chi connectivity index (χ1) is 9.29. The quantitative estimate of drug-likeness (QED) is 0.712. The van der Waals surface area contributed by atoms with Crippen LogP contribution in [0.15, 0.2) is 22.7 Å². The van der Waals surface area contributed by atoms with Crippen molar-refractivity contribution in [2.75, 3.05) is 13.1 Å². The first-order valence-electron chi connectivity index (χ1n) is 6.10. The van der Waals surface area contributed by atoms with Crippen molar-refractivity contribution in [3.8, 4) is 0 Å². The van der Waals surface area contributed by atoms with Crippen molar-refractivity contribution in [3.63, 3.8) is 0 Å². The molecule has 1 aliphatic heterocycles. The van der Waals surface area contributed by atoms with Gasteiger partial charge in [-0.2, -0.15) is 13.2 Å². The van der Waals surface area contributed by atoms with Gasteiger partial charge in [0.25, 0.3) is 5.91 Å². The van der Waals surface area contributed by atoms with Gasteiger partial charge in [-0.1, -0.05) is 11.6 Å². The van der Waals surface area contributed by atoms with Crippen LogP contribution in [0.3, 0.4) is 0 Å². The van der Waals surface area contributed by atoms with E-state index in [0.717, 1.165) is 0 Å². The largest absolute Gasteiger partial charge is 0.393 e. The number of hydrogen-bond donors (Lipinski definition) is 0. The SMILES string of the molecule is O=C(c1ccc(Br)c(Cl)c1)N1CCCC(C(F)(F)F)C1. The average molecular weight is 371 g/mol. The summed E-state index contributed by atoms with van der Waals surface area (Å²) in [4.78, 5) is 13.5. The molecule has 1 aliphatic rings. The zero-order chi connectivity index (χ0) is 14.9. The molecule has 1 amide bonds. The summed E-state index contributed by atoms with van der Waals surface area (Å²) in [5, 5.41) is 0.361. The third-order valence-electron chi connectivity index (χ3n) is 3.34. The molecule has 1 fully saturated rings. The van der Waals surface area contributed by atoms with Crippen molar-refractivity contribution in [1.82, 2.24) is 4.90 Å². The maximum absolute atomic E-state index is 12.7.